The molecule has 314 valence electrons. The van der Waals surface area contributed by atoms with Gasteiger partial charge in [0.15, 0.2) is 11.5 Å². The number of carbonyl (C=O) groups excluding carboxylic acids is 2. The van der Waals surface area contributed by atoms with Crippen molar-refractivity contribution in [3.8, 4) is 11.5 Å². The molecule has 0 fully saturated rings. The number of aromatic nitrogens is 2. The van der Waals surface area contributed by atoms with Gasteiger partial charge in [0.1, 0.15) is 52.6 Å². The maximum Gasteiger partial charge on any atom is 0.325 e. The highest BCUT2D eigenvalue weighted by Gasteiger charge is 2.22. The summed E-state index contributed by atoms with van der Waals surface area (Å²) in [6.45, 7) is 4.29. The monoisotopic (exact) mass is 790 g/mol. The molecule has 0 aliphatic rings. The van der Waals surface area contributed by atoms with Crippen molar-refractivity contribution < 1.29 is 57.8 Å². The smallest absolute Gasteiger partial charge is 0.325 e. The van der Waals surface area contributed by atoms with Crippen LogP contribution in [0.5, 0.6) is 11.5 Å². The van der Waals surface area contributed by atoms with E-state index < -0.39 is 37.0 Å². The second kappa shape index (κ2) is 30.5. The molecule has 0 saturated heterocycles. The fraction of sp³-hybridized carbons (Fsp3) is 0.650. The van der Waals surface area contributed by atoms with Crippen molar-refractivity contribution in [1.29, 1.82) is 0 Å². The summed E-state index contributed by atoms with van der Waals surface area (Å²) in [6, 6.07) is 3.06. The third-order valence-corrected chi connectivity index (χ3v) is 8.36. The van der Waals surface area contributed by atoms with Gasteiger partial charge in [-0.15, -0.1) is 0 Å². The molecule has 0 atom stereocenters. The first-order valence-corrected chi connectivity index (χ1v) is 19.8. The van der Waals surface area contributed by atoms with E-state index in [1.807, 2.05) is 0 Å². The lowest BCUT2D eigenvalue weighted by atomic mass is 10.1. The van der Waals surface area contributed by atoms with Crippen molar-refractivity contribution in [2.45, 2.75) is 90.9 Å². The molecule has 16 heteroatoms. The van der Waals surface area contributed by atoms with Crippen LogP contribution in [0.4, 0.5) is 11.4 Å². The van der Waals surface area contributed by atoms with Crippen LogP contribution < -0.4 is 19.3 Å². The van der Waals surface area contributed by atoms with Crippen LogP contribution in [0.25, 0.3) is 0 Å². The number of carboxylic acids is 2. The molecule has 56 heavy (non-hydrogen) atoms. The molecule has 0 unspecified atom stereocenters. The Balaban J connectivity index is 1.88. The van der Waals surface area contributed by atoms with Gasteiger partial charge < -0.3 is 48.4 Å². The standard InChI is InChI=1S/C40H62N4O12/c1-3-5-7-9-11-13-19-51-21-23-55-39(49)31-43(29-37(45)46)33-15-17-41-27-35(33)53-25-26-54-36-28-42-18-16-34(36)44(30-38(47)48)32-40(50)56-24-22-52-20-14-12-10-8-6-4-2/h15-18,27-28H,3-14,19-26,29-32H2,1-2H3,(H,45,46)(H,47,48). The lowest BCUT2D eigenvalue weighted by Crippen LogP contribution is -2.36. The molecule has 2 aromatic heterocycles. The van der Waals surface area contributed by atoms with Crippen LogP contribution in [0.1, 0.15) is 90.9 Å². The quantitative estimate of drug-likeness (QED) is 0.0650. The number of ether oxygens (including phenoxy) is 6. The van der Waals surface area contributed by atoms with Gasteiger partial charge in [0, 0.05) is 25.6 Å². The van der Waals surface area contributed by atoms with Crippen LogP contribution in [0, 0.1) is 0 Å². The molecule has 2 heterocycles. The summed E-state index contributed by atoms with van der Waals surface area (Å²) >= 11 is 0. The fourth-order valence-corrected chi connectivity index (χ4v) is 5.58. The molecule has 0 radical (unpaired) electrons. The number of nitrogens with zero attached hydrogens (tertiary/aromatic N) is 4. The molecule has 0 aromatic carbocycles. The Morgan fingerprint density at radius 3 is 1.30 bits per heavy atom. The maximum absolute atomic E-state index is 12.7. The fourth-order valence-electron chi connectivity index (χ4n) is 5.58. The van der Waals surface area contributed by atoms with E-state index in [9.17, 15) is 29.4 Å². The number of carbonyl (C=O) groups is 4. The predicted molar refractivity (Wildman–Crippen MR) is 209 cm³/mol. The Morgan fingerprint density at radius 1 is 0.518 bits per heavy atom. The minimum Gasteiger partial charge on any atom is -0.486 e. The number of pyridine rings is 2. The molecule has 0 spiro atoms. The van der Waals surface area contributed by atoms with Crippen molar-refractivity contribution in [2.75, 3.05) is 88.8 Å². The third kappa shape index (κ3) is 22.0. The van der Waals surface area contributed by atoms with E-state index in [4.69, 9.17) is 28.4 Å². The molecule has 0 aliphatic heterocycles. The predicted octanol–water partition coefficient (Wildman–Crippen LogP) is 5.56. The summed E-state index contributed by atoms with van der Waals surface area (Å²) < 4.78 is 33.5. The number of esters is 2. The number of hydrogen-bond acceptors (Lipinski definition) is 14. The Labute approximate surface area is 330 Å². The molecular formula is C40H62N4O12. The zero-order valence-corrected chi connectivity index (χ0v) is 33.2. The van der Waals surface area contributed by atoms with Gasteiger partial charge in [-0.2, -0.15) is 0 Å². The maximum atomic E-state index is 12.7. The molecule has 0 bridgehead atoms. The van der Waals surface area contributed by atoms with E-state index in [0.717, 1.165) is 25.7 Å². The molecule has 0 amide bonds. The summed E-state index contributed by atoms with van der Waals surface area (Å²) in [5.74, 6) is -3.19. The molecule has 2 rings (SSSR count). The van der Waals surface area contributed by atoms with Crippen molar-refractivity contribution in [3.05, 3.63) is 36.9 Å². The van der Waals surface area contributed by atoms with Crippen LogP contribution in [0.15, 0.2) is 36.9 Å². The second-order valence-corrected chi connectivity index (χ2v) is 13.1. The van der Waals surface area contributed by atoms with Gasteiger partial charge in [-0.1, -0.05) is 78.1 Å². The van der Waals surface area contributed by atoms with E-state index in [2.05, 4.69) is 23.8 Å². The number of hydrogen-bond donors (Lipinski definition) is 2. The Bertz CT molecular complexity index is 1300. The second-order valence-electron chi connectivity index (χ2n) is 13.1. The molecular weight excluding hydrogens is 728 g/mol. The number of aliphatic carboxylic acids is 2. The largest absolute Gasteiger partial charge is 0.486 e. The van der Waals surface area contributed by atoms with Gasteiger partial charge in [0.05, 0.1) is 37.0 Å². The Kier molecular flexibility index (Phi) is 25.9. The summed E-state index contributed by atoms with van der Waals surface area (Å²) in [5.41, 5.74) is 0.611. The summed E-state index contributed by atoms with van der Waals surface area (Å²) in [7, 11) is 0. The van der Waals surface area contributed by atoms with E-state index >= 15 is 0 Å². The van der Waals surface area contributed by atoms with Gasteiger partial charge in [-0.05, 0) is 25.0 Å². The minimum atomic E-state index is -1.16. The first-order chi connectivity index (χ1) is 27.2. The highest BCUT2D eigenvalue weighted by atomic mass is 16.6. The zero-order valence-electron chi connectivity index (χ0n) is 33.2. The Hall–Kier alpha value is -4.70. The van der Waals surface area contributed by atoms with Gasteiger partial charge in [0.2, 0.25) is 0 Å². The van der Waals surface area contributed by atoms with Crippen LogP contribution in [-0.4, -0.2) is 123 Å². The summed E-state index contributed by atoms with van der Waals surface area (Å²) in [4.78, 5) is 59.5. The Morgan fingerprint density at radius 2 is 0.911 bits per heavy atom. The van der Waals surface area contributed by atoms with E-state index in [-0.39, 0.29) is 64.2 Å². The first kappa shape index (κ1) is 47.5. The number of anilines is 2. The normalized spacial score (nSPS) is 10.8. The van der Waals surface area contributed by atoms with Gasteiger partial charge in [-0.25, -0.2) is 0 Å². The van der Waals surface area contributed by atoms with Gasteiger partial charge >= 0.3 is 23.9 Å². The number of rotatable bonds is 35. The SMILES string of the molecule is CCCCCCCCOCCOC(=O)CN(CC(=O)O)c1ccncc1OCCOc1cnccc1N(CC(=O)O)CC(=O)OCCOCCCCCCCC. The van der Waals surface area contributed by atoms with Crippen molar-refractivity contribution in [2.24, 2.45) is 0 Å². The van der Waals surface area contributed by atoms with Crippen molar-refractivity contribution in [1.82, 2.24) is 9.97 Å². The average molecular weight is 791 g/mol. The highest BCUT2D eigenvalue weighted by molar-refractivity contribution is 5.82. The topological polar surface area (TPSA) is 196 Å². The van der Waals surface area contributed by atoms with E-state index in [0.29, 0.717) is 24.6 Å². The zero-order chi connectivity index (χ0) is 40.6. The lowest BCUT2D eigenvalue weighted by Gasteiger charge is -2.25. The van der Waals surface area contributed by atoms with Crippen LogP contribution in [-0.2, 0) is 38.1 Å². The summed E-state index contributed by atoms with van der Waals surface area (Å²) in [5, 5.41) is 19.1. The molecule has 2 aromatic rings. The van der Waals surface area contributed by atoms with Crippen LogP contribution >= 0.6 is 0 Å². The molecule has 0 saturated carbocycles. The number of carboxylic acid groups (broad SMARTS) is 2. The van der Waals surface area contributed by atoms with E-state index in [1.54, 1.807) is 0 Å². The third-order valence-electron chi connectivity index (χ3n) is 8.36. The number of unbranched alkanes of at least 4 members (excludes halogenated alkanes) is 10. The molecule has 0 aliphatic carbocycles. The van der Waals surface area contributed by atoms with Gasteiger partial charge in [-0.3, -0.25) is 29.1 Å². The van der Waals surface area contributed by atoms with Gasteiger partial charge in [0.25, 0.3) is 0 Å². The van der Waals surface area contributed by atoms with E-state index in [1.165, 1.54) is 98.1 Å². The summed E-state index contributed by atoms with van der Waals surface area (Å²) in [6.07, 6.45) is 19.4. The lowest BCUT2D eigenvalue weighted by molar-refractivity contribution is -0.144. The molecule has 16 nitrogen and oxygen atoms in total. The molecule has 2 N–H and O–H groups in total. The van der Waals surface area contributed by atoms with Crippen LogP contribution in [0.3, 0.4) is 0 Å². The highest BCUT2D eigenvalue weighted by Crippen LogP contribution is 2.29. The average Bonchev–Trinajstić information content (AvgIpc) is 3.17. The minimum absolute atomic E-state index is 0.0440. The van der Waals surface area contributed by atoms with Crippen molar-refractivity contribution in [3.63, 3.8) is 0 Å². The van der Waals surface area contributed by atoms with Crippen LogP contribution in [0.2, 0.25) is 0 Å². The first-order valence-electron chi connectivity index (χ1n) is 19.8. The van der Waals surface area contributed by atoms with Crippen molar-refractivity contribution >= 4 is 35.3 Å².